The van der Waals surface area contributed by atoms with Gasteiger partial charge in [-0.15, -0.1) is 0 Å². The highest BCUT2D eigenvalue weighted by atomic mass is 16.6. The highest BCUT2D eigenvalue weighted by molar-refractivity contribution is 6.26. The number of piperidine rings is 1. The summed E-state index contributed by atoms with van der Waals surface area (Å²) in [7, 11) is 0. The highest BCUT2D eigenvalue weighted by Crippen LogP contribution is 2.32. The number of fused-ring (bicyclic) bond motifs is 1. The number of hydrogen-bond donors (Lipinski definition) is 3. The Bertz CT molecular complexity index is 1340. The van der Waals surface area contributed by atoms with Crippen molar-refractivity contribution in [2.45, 2.75) is 51.0 Å². The van der Waals surface area contributed by atoms with Crippen LogP contribution in [0.3, 0.4) is 0 Å². The van der Waals surface area contributed by atoms with Crippen LogP contribution in [0.2, 0.25) is 0 Å². The quantitative estimate of drug-likeness (QED) is 0.0692. The van der Waals surface area contributed by atoms with Crippen molar-refractivity contribution in [1.82, 2.24) is 10.2 Å². The molecule has 18 heteroatoms. The number of anilines is 1. The lowest BCUT2D eigenvalue weighted by molar-refractivity contribution is -0.138. The van der Waals surface area contributed by atoms with Crippen LogP contribution in [-0.2, 0) is 57.1 Å². The Kier molecular flexibility index (Phi) is 22.1. The Morgan fingerprint density at radius 1 is 0.648 bits per heavy atom. The predicted octanol–water partition coefficient (Wildman–Crippen LogP) is 1.19. The molecule has 1 unspecified atom stereocenters. The van der Waals surface area contributed by atoms with E-state index < -0.39 is 35.6 Å². The molecule has 3 N–H and O–H groups in total. The molecule has 1 atom stereocenters. The summed E-state index contributed by atoms with van der Waals surface area (Å²) in [5.74, 6) is -3.62. The maximum Gasteiger partial charge on any atom is 0.305 e. The van der Waals surface area contributed by atoms with Gasteiger partial charge in [0.05, 0.1) is 122 Å². The summed E-state index contributed by atoms with van der Waals surface area (Å²) in [6.45, 7) is 6.73. The minimum Gasteiger partial charge on any atom is -0.481 e. The number of rotatable bonds is 32. The zero-order valence-corrected chi connectivity index (χ0v) is 30.7. The molecule has 1 saturated heterocycles. The summed E-state index contributed by atoms with van der Waals surface area (Å²) in [5.41, 5.74) is 0.368. The Balaban J connectivity index is 1.06. The van der Waals surface area contributed by atoms with Crippen LogP contribution >= 0.6 is 0 Å². The topological polar surface area (TPSA) is 224 Å². The number of imide groups is 2. The van der Waals surface area contributed by atoms with Gasteiger partial charge in [-0.1, -0.05) is 12.5 Å². The molecule has 0 aromatic heterocycles. The number of carboxylic acids is 1. The Morgan fingerprint density at radius 2 is 1.15 bits per heavy atom. The third-order valence-corrected chi connectivity index (χ3v) is 8.00. The second kappa shape index (κ2) is 26.8. The van der Waals surface area contributed by atoms with E-state index in [4.69, 9.17) is 43.0 Å². The molecule has 5 amide bonds. The Labute approximate surface area is 314 Å². The van der Waals surface area contributed by atoms with Crippen LogP contribution in [0.25, 0.3) is 0 Å². The SMILES string of the molecule is O=C(O)CCOCCOCCOCCOCCOCCOCCOCCOCCCCCC(=O)Nc1cccc2c1C(=O)N(C1CCC(=O)NC1=O)C2=O. The van der Waals surface area contributed by atoms with Crippen molar-refractivity contribution in [3.63, 3.8) is 0 Å². The van der Waals surface area contributed by atoms with Gasteiger partial charge in [-0.25, -0.2) is 0 Å². The first-order valence-electron chi connectivity index (χ1n) is 18.3. The second-order valence-corrected chi connectivity index (χ2v) is 12.1. The predicted molar refractivity (Wildman–Crippen MR) is 189 cm³/mol. The van der Waals surface area contributed by atoms with Crippen LogP contribution in [0, 0.1) is 0 Å². The van der Waals surface area contributed by atoms with Gasteiger partial charge in [-0.05, 0) is 31.4 Å². The number of aliphatic carboxylic acids is 1. The zero-order valence-electron chi connectivity index (χ0n) is 30.7. The van der Waals surface area contributed by atoms with Gasteiger partial charge in [0, 0.05) is 19.4 Å². The number of carboxylic acid groups (broad SMARTS) is 1. The minimum atomic E-state index is -1.08. The number of nitrogens with one attached hydrogen (secondary N) is 2. The number of nitrogens with zero attached hydrogens (tertiary/aromatic N) is 1. The van der Waals surface area contributed by atoms with Crippen molar-refractivity contribution < 1.29 is 71.8 Å². The number of unbranched alkanes of at least 4 members (excludes halogenated alkanes) is 2. The number of carbonyl (C=O) groups is 6. The van der Waals surface area contributed by atoms with Gasteiger partial charge < -0.3 is 48.3 Å². The van der Waals surface area contributed by atoms with E-state index in [-0.39, 0.29) is 55.0 Å². The first-order valence-corrected chi connectivity index (χ1v) is 18.3. The van der Waals surface area contributed by atoms with Crippen LogP contribution in [0.5, 0.6) is 0 Å². The van der Waals surface area contributed by atoms with Crippen molar-refractivity contribution in [3.05, 3.63) is 29.3 Å². The molecule has 1 aromatic rings. The molecule has 1 aromatic carbocycles. The summed E-state index contributed by atoms with van der Waals surface area (Å²) >= 11 is 0. The normalized spacial score (nSPS) is 15.5. The number of amides is 5. The molecular weight excluding hydrogens is 714 g/mol. The fraction of sp³-hybridized carbons (Fsp3) is 0.667. The number of carbonyl (C=O) groups excluding carboxylic acids is 5. The molecule has 0 saturated carbocycles. The zero-order chi connectivity index (χ0) is 38.8. The monoisotopic (exact) mass is 767 g/mol. The molecule has 0 spiro atoms. The van der Waals surface area contributed by atoms with E-state index in [1.54, 1.807) is 12.1 Å². The lowest BCUT2D eigenvalue weighted by atomic mass is 10.0. The second-order valence-electron chi connectivity index (χ2n) is 12.1. The van der Waals surface area contributed by atoms with Crippen molar-refractivity contribution >= 4 is 41.2 Å². The van der Waals surface area contributed by atoms with Crippen molar-refractivity contribution in [2.24, 2.45) is 0 Å². The van der Waals surface area contributed by atoms with E-state index in [0.717, 1.165) is 17.7 Å². The molecule has 0 aliphatic carbocycles. The fourth-order valence-electron chi connectivity index (χ4n) is 5.30. The van der Waals surface area contributed by atoms with Crippen LogP contribution in [-0.4, -0.2) is 157 Å². The molecule has 2 aliphatic rings. The molecule has 18 nitrogen and oxygen atoms in total. The van der Waals surface area contributed by atoms with Gasteiger partial charge in [-0.2, -0.15) is 0 Å². The smallest absolute Gasteiger partial charge is 0.305 e. The molecule has 0 bridgehead atoms. The summed E-state index contributed by atoms with van der Waals surface area (Å²) in [6.07, 6.45) is 2.40. The van der Waals surface area contributed by atoms with Crippen LogP contribution in [0.15, 0.2) is 18.2 Å². The molecule has 3 rings (SSSR count). The molecule has 2 aliphatic heterocycles. The van der Waals surface area contributed by atoms with Gasteiger partial charge in [-0.3, -0.25) is 39.0 Å². The molecule has 2 heterocycles. The standard InChI is InChI=1S/C36H53N3O15/c40-30(37-28-6-4-5-27-33(28)36(46)39(35(27)45)29-8-9-31(41)38-34(29)44)7-2-1-3-11-47-13-15-49-17-19-51-21-23-53-25-26-54-24-22-52-20-18-50-16-14-48-12-10-32(42)43/h4-6,29H,1-3,7-26H2,(H,37,40)(H,42,43)(H,38,41,44). The van der Waals surface area contributed by atoms with Gasteiger partial charge in [0.2, 0.25) is 17.7 Å². The third kappa shape index (κ3) is 17.1. The van der Waals surface area contributed by atoms with E-state index in [9.17, 15) is 28.8 Å². The van der Waals surface area contributed by atoms with E-state index in [1.165, 1.54) is 6.07 Å². The molecule has 302 valence electrons. The van der Waals surface area contributed by atoms with Crippen molar-refractivity contribution in [1.29, 1.82) is 0 Å². The fourth-order valence-corrected chi connectivity index (χ4v) is 5.30. The Hall–Kier alpha value is -3.88. The van der Waals surface area contributed by atoms with Crippen LogP contribution in [0.4, 0.5) is 5.69 Å². The van der Waals surface area contributed by atoms with E-state index in [1.807, 2.05) is 0 Å². The summed E-state index contributed by atoms with van der Waals surface area (Å²) in [5, 5.41) is 13.4. The summed E-state index contributed by atoms with van der Waals surface area (Å²) < 4.78 is 43.3. The largest absolute Gasteiger partial charge is 0.481 e. The van der Waals surface area contributed by atoms with Crippen molar-refractivity contribution in [2.75, 3.05) is 111 Å². The van der Waals surface area contributed by atoms with E-state index in [0.29, 0.717) is 106 Å². The van der Waals surface area contributed by atoms with E-state index >= 15 is 0 Å². The number of hydrogen-bond acceptors (Lipinski definition) is 14. The lowest BCUT2D eigenvalue weighted by Crippen LogP contribution is -2.54. The van der Waals surface area contributed by atoms with Gasteiger partial charge in [0.1, 0.15) is 6.04 Å². The molecule has 0 radical (unpaired) electrons. The number of benzene rings is 1. The average Bonchev–Trinajstić information content (AvgIpc) is 3.40. The molecular formula is C36H53N3O15. The van der Waals surface area contributed by atoms with Crippen LogP contribution < -0.4 is 10.6 Å². The maximum atomic E-state index is 13.2. The van der Waals surface area contributed by atoms with E-state index in [2.05, 4.69) is 10.6 Å². The summed E-state index contributed by atoms with van der Waals surface area (Å²) in [4.78, 5) is 73.8. The highest BCUT2D eigenvalue weighted by Gasteiger charge is 2.45. The lowest BCUT2D eigenvalue weighted by Gasteiger charge is -2.27. The molecule has 54 heavy (non-hydrogen) atoms. The van der Waals surface area contributed by atoms with Crippen LogP contribution in [0.1, 0.15) is 65.7 Å². The summed E-state index contributed by atoms with van der Waals surface area (Å²) in [6, 6.07) is 3.51. The average molecular weight is 768 g/mol. The maximum absolute atomic E-state index is 13.2. The number of ether oxygens (including phenoxy) is 8. The Morgan fingerprint density at radius 3 is 1.65 bits per heavy atom. The van der Waals surface area contributed by atoms with Gasteiger partial charge in [0.15, 0.2) is 0 Å². The van der Waals surface area contributed by atoms with Crippen molar-refractivity contribution in [3.8, 4) is 0 Å². The third-order valence-electron chi connectivity index (χ3n) is 8.00. The van der Waals surface area contributed by atoms with Gasteiger partial charge in [0.25, 0.3) is 11.8 Å². The minimum absolute atomic E-state index is 0.0184. The first kappa shape index (κ1) is 44.5. The van der Waals surface area contributed by atoms with Gasteiger partial charge >= 0.3 is 5.97 Å². The molecule has 1 fully saturated rings. The first-order chi connectivity index (χ1) is 26.3.